The van der Waals surface area contributed by atoms with Crippen molar-refractivity contribution in [3.8, 4) is 17.1 Å². The molecule has 0 bridgehead atoms. The number of aryl methyl sites for hydroxylation is 1. The van der Waals surface area contributed by atoms with E-state index in [2.05, 4.69) is 33.8 Å². The normalized spacial score (nSPS) is 10.9. The minimum atomic E-state index is -0.224. The fourth-order valence-electron chi connectivity index (χ4n) is 2.87. The monoisotopic (exact) mass is 375 g/mol. The van der Waals surface area contributed by atoms with Gasteiger partial charge >= 0.3 is 0 Å². The summed E-state index contributed by atoms with van der Waals surface area (Å²) in [6.45, 7) is 2.07. The fourth-order valence-corrected chi connectivity index (χ4v) is 3.78. The summed E-state index contributed by atoms with van der Waals surface area (Å²) in [6, 6.07) is 24.9. The lowest BCUT2D eigenvalue weighted by Gasteiger charge is -2.10. The summed E-state index contributed by atoms with van der Waals surface area (Å²) in [5.74, 6) is 1.28. The van der Waals surface area contributed by atoms with Crippen LogP contribution >= 0.6 is 11.8 Å². The second kappa shape index (κ2) is 7.76. The molecule has 134 valence electrons. The molecule has 0 fully saturated rings. The molecule has 1 aromatic heterocycles. The van der Waals surface area contributed by atoms with Crippen LogP contribution in [-0.2, 0) is 5.75 Å². The van der Waals surface area contributed by atoms with E-state index in [1.165, 1.54) is 17.7 Å². The Morgan fingerprint density at radius 1 is 0.889 bits per heavy atom. The van der Waals surface area contributed by atoms with Crippen molar-refractivity contribution < 1.29 is 4.39 Å². The van der Waals surface area contributed by atoms with Gasteiger partial charge in [0.05, 0.1) is 0 Å². The van der Waals surface area contributed by atoms with Gasteiger partial charge in [0.2, 0.25) is 0 Å². The topological polar surface area (TPSA) is 30.7 Å². The highest BCUT2D eigenvalue weighted by molar-refractivity contribution is 7.98. The van der Waals surface area contributed by atoms with Crippen LogP contribution in [0.5, 0.6) is 0 Å². The number of benzene rings is 3. The maximum Gasteiger partial charge on any atom is 0.196 e. The van der Waals surface area contributed by atoms with Crippen LogP contribution in [0.1, 0.15) is 11.1 Å². The van der Waals surface area contributed by atoms with Gasteiger partial charge in [0.1, 0.15) is 5.82 Å². The summed E-state index contributed by atoms with van der Waals surface area (Å²) in [5, 5.41) is 9.70. The van der Waals surface area contributed by atoms with Crippen molar-refractivity contribution in [3.05, 3.63) is 95.8 Å². The fraction of sp³-hybridized carbons (Fsp3) is 0.0909. The number of para-hydroxylation sites is 1. The highest BCUT2D eigenvalue weighted by Crippen LogP contribution is 2.30. The number of rotatable bonds is 5. The van der Waals surface area contributed by atoms with Crippen LogP contribution in [-0.4, -0.2) is 14.8 Å². The van der Waals surface area contributed by atoms with Crippen molar-refractivity contribution in [1.82, 2.24) is 14.8 Å². The molecular formula is C22H18FN3S. The van der Waals surface area contributed by atoms with E-state index in [4.69, 9.17) is 0 Å². The molecule has 0 amide bonds. The van der Waals surface area contributed by atoms with E-state index in [-0.39, 0.29) is 5.82 Å². The van der Waals surface area contributed by atoms with Gasteiger partial charge in [-0.05, 0) is 42.8 Å². The summed E-state index contributed by atoms with van der Waals surface area (Å²) < 4.78 is 15.2. The summed E-state index contributed by atoms with van der Waals surface area (Å²) in [7, 11) is 0. The first-order chi connectivity index (χ1) is 13.2. The molecule has 5 heteroatoms. The average molecular weight is 375 g/mol. The van der Waals surface area contributed by atoms with Gasteiger partial charge in [-0.25, -0.2) is 4.39 Å². The molecule has 3 nitrogen and oxygen atoms in total. The SMILES string of the molecule is Cc1cccc(-c2nnc(SCc3ccc(F)cc3)n2-c2ccccc2)c1. The van der Waals surface area contributed by atoms with Crippen molar-refractivity contribution in [2.45, 2.75) is 17.8 Å². The number of halogens is 1. The van der Waals surface area contributed by atoms with Gasteiger partial charge in [0.15, 0.2) is 11.0 Å². The zero-order valence-corrected chi connectivity index (χ0v) is 15.7. The van der Waals surface area contributed by atoms with Crippen LogP contribution in [0.2, 0.25) is 0 Å². The first-order valence-electron chi connectivity index (χ1n) is 8.66. The predicted molar refractivity (Wildman–Crippen MR) is 107 cm³/mol. The van der Waals surface area contributed by atoms with Crippen LogP contribution in [0.3, 0.4) is 0 Å². The number of hydrogen-bond acceptors (Lipinski definition) is 3. The molecule has 0 N–H and O–H groups in total. The van der Waals surface area contributed by atoms with E-state index in [1.807, 2.05) is 42.5 Å². The number of hydrogen-bond donors (Lipinski definition) is 0. The summed E-state index contributed by atoms with van der Waals surface area (Å²) >= 11 is 1.59. The summed E-state index contributed by atoms with van der Waals surface area (Å²) in [6.07, 6.45) is 0. The Morgan fingerprint density at radius 3 is 2.41 bits per heavy atom. The Hall–Kier alpha value is -2.92. The van der Waals surface area contributed by atoms with Crippen molar-refractivity contribution in [2.75, 3.05) is 0 Å². The molecule has 1 heterocycles. The van der Waals surface area contributed by atoms with Gasteiger partial charge in [0.25, 0.3) is 0 Å². The van der Waals surface area contributed by atoms with Crippen LogP contribution in [0.25, 0.3) is 17.1 Å². The first kappa shape index (κ1) is 17.5. The smallest absolute Gasteiger partial charge is 0.196 e. The molecule has 0 aliphatic rings. The molecule has 4 rings (SSSR count). The second-order valence-corrected chi connectivity index (χ2v) is 7.20. The van der Waals surface area contributed by atoms with E-state index < -0.39 is 0 Å². The van der Waals surface area contributed by atoms with Crippen molar-refractivity contribution in [3.63, 3.8) is 0 Å². The Balaban J connectivity index is 1.72. The minimum Gasteiger partial charge on any atom is -0.270 e. The molecule has 0 atom stereocenters. The van der Waals surface area contributed by atoms with Gasteiger partial charge in [-0.2, -0.15) is 0 Å². The lowest BCUT2D eigenvalue weighted by atomic mass is 10.1. The molecule has 0 aliphatic carbocycles. The van der Waals surface area contributed by atoms with E-state index in [9.17, 15) is 4.39 Å². The largest absolute Gasteiger partial charge is 0.270 e. The Kier molecular flexibility index (Phi) is 5.03. The Labute approximate surface area is 161 Å². The average Bonchev–Trinajstić information content (AvgIpc) is 3.12. The van der Waals surface area contributed by atoms with Crippen molar-refractivity contribution in [2.24, 2.45) is 0 Å². The van der Waals surface area contributed by atoms with Gasteiger partial charge in [0, 0.05) is 17.0 Å². The molecule has 0 aliphatic heterocycles. The minimum absolute atomic E-state index is 0.224. The van der Waals surface area contributed by atoms with E-state index >= 15 is 0 Å². The second-order valence-electron chi connectivity index (χ2n) is 6.26. The Morgan fingerprint density at radius 2 is 1.67 bits per heavy atom. The maximum atomic E-state index is 13.1. The number of nitrogens with zero attached hydrogens (tertiary/aromatic N) is 3. The van der Waals surface area contributed by atoms with Gasteiger partial charge < -0.3 is 0 Å². The number of aromatic nitrogens is 3. The quantitative estimate of drug-likeness (QED) is 0.421. The van der Waals surface area contributed by atoms with Crippen LogP contribution in [0, 0.1) is 12.7 Å². The third kappa shape index (κ3) is 3.93. The molecule has 27 heavy (non-hydrogen) atoms. The molecular weight excluding hydrogens is 357 g/mol. The lowest BCUT2D eigenvalue weighted by Crippen LogP contribution is -1.99. The molecule has 0 radical (unpaired) electrons. The molecule has 0 saturated heterocycles. The molecule has 0 spiro atoms. The van der Waals surface area contributed by atoms with Gasteiger partial charge in [-0.15, -0.1) is 10.2 Å². The van der Waals surface area contributed by atoms with E-state index in [0.29, 0.717) is 5.75 Å². The highest BCUT2D eigenvalue weighted by Gasteiger charge is 2.16. The van der Waals surface area contributed by atoms with E-state index in [0.717, 1.165) is 27.8 Å². The third-order valence-corrected chi connectivity index (χ3v) is 5.21. The van der Waals surface area contributed by atoms with Crippen LogP contribution in [0.4, 0.5) is 4.39 Å². The molecule has 4 aromatic rings. The van der Waals surface area contributed by atoms with Gasteiger partial charge in [-0.1, -0.05) is 65.9 Å². The van der Waals surface area contributed by atoms with Crippen LogP contribution in [0.15, 0.2) is 84.0 Å². The lowest BCUT2D eigenvalue weighted by molar-refractivity contribution is 0.627. The summed E-state index contributed by atoms with van der Waals surface area (Å²) in [5.41, 5.74) is 4.26. The standard InChI is InChI=1S/C22H18FN3S/c1-16-6-5-7-18(14-16)21-24-25-22(26(21)20-8-3-2-4-9-20)27-15-17-10-12-19(23)13-11-17/h2-14H,15H2,1H3. The first-order valence-corrected chi connectivity index (χ1v) is 9.64. The summed E-state index contributed by atoms with van der Waals surface area (Å²) in [4.78, 5) is 0. The number of thioether (sulfide) groups is 1. The Bertz CT molecular complexity index is 1040. The third-order valence-electron chi connectivity index (χ3n) is 4.21. The zero-order chi connectivity index (χ0) is 18.6. The molecule has 0 unspecified atom stereocenters. The van der Waals surface area contributed by atoms with E-state index in [1.54, 1.807) is 23.9 Å². The van der Waals surface area contributed by atoms with Gasteiger partial charge in [-0.3, -0.25) is 4.57 Å². The molecule has 0 saturated carbocycles. The predicted octanol–water partition coefficient (Wildman–Crippen LogP) is 5.67. The highest BCUT2D eigenvalue weighted by atomic mass is 32.2. The van der Waals surface area contributed by atoms with Crippen LogP contribution < -0.4 is 0 Å². The van der Waals surface area contributed by atoms with Crippen molar-refractivity contribution in [1.29, 1.82) is 0 Å². The maximum absolute atomic E-state index is 13.1. The zero-order valence-electron chi connectivity index (χ0n) is 14.8. The molecule has 3 aromatic carbocycles. The van der Waals surface area contributed by atoms with Crippen molar-refractivity contribution >= 4 is 11.8 Å².